The van der Waals surface area contributed by atoms with Crippen molar-refractivity contribution < 1.29 is 9.90 Å². The third kappa shape index (κ3) is 1.07. The Morgan fingerprint density at radius 3 is 2.38 bits per heavy atom. The highest BCUT2D eigenvalue weighted by molar-refractivity contribution is 6.50. The summed E-state index contributed by atoms with van der Waals surface area (Å²) < 4.78 is -0.727. The Kier molecular flexibility index (Phi) is 2.13. The van der Waals surface area contributed by atoms with Crippen molar-refractivity contribution in [2.75, 3.05) is 6.54 Å². The normalized spacial score (nSPS) is 43.0. The molecule has 0 unspecified atom stereocenters. The fourth-order valence-electron chi connectivity index (χ4n) is 3.82. The molecule has 90 valence electrons. The zero-order valence-corrected chi connectivity index (χ0v) is 10.4. The number of carboxylic acid groups (broad SMARTS) is 1. The van der Waals surface area contributed by atoms with Crippen molar-refractivity contribution in [2.45, 2.75) is 42.5 Å². The quantitative estimate of drug-likeness (QED) is 0.713. The standard InChI is InChI=1S/C11H15Cl2NO2/c12-11(13)9(2-1-3-9)5-10(11)4-7(8(15)16)14-6-10/h7,14H,1-6H2,(H,15,16)/t7-,10+/m0/s1. The van der Waals surface area contributed by atoms with E-state index in [9.17, 15) is 4.79 Å². The van der Waals surface area contributed by atoms with E-state index in [0.717, 1.165) is 19.3 Å². The van der Waals surface area contributed by atoms with Crippen molar-refractivity contribution in [3.63, 3.8) is 0 Å². The van der Waals surface area contributed by atoms with Crippen molar-refractivity contribution in [1.29, 1.82) is 0 Å². The SMILES string of the molecule is O=C(O)[C@@H]1C[C@]2(CN1)CC1(CCC1)C2(Cl)Cl. The second-order valence-electron chi connectivity index (χ2n) is 5.64. The van der Waals surface area contributed by atoms with Crippen LogP contribution < -0.4 is 5.32 Å². The van der Waals surface area contributed by atoms with Gasteiger partial charge in [0.05, 0.1) is 0 Å². The van der Waals surface area contributed by atoms with Crippen LogP contribution in [0.25, 0.3) is 0 Å². The summed E-state index contributed by atoms with van der Waals surface area (Å²) in [5.74, 6) is -0.796. The van der Waals surface area contributed by atoms with E-state index in [2.05, 4.69) is 5.32 Å². The van der Waals surface area contributed by atoms with E-state index in [0.29, 0.717) is 13.0 Å². The van der Waals surface area contributed by atoms with Crippen molar-refractivity contribution in [1.82, 2.24) is 5.32 Å². The van der Waals surface area contributed by atoms with Crippen LogP contribution in [0.3, 0.4) is 0 Å². The van der Waals surface area contributed by atoms with Gasteiger partial charge >= 0.3 is 5.97 Å². The first-order chi connectivity index (χ1) is 7.43. The lowest BCUT2D eigenvalue weighted by molar-refractivity contribution is -0.140. The zero-order chi connectivity index (χ0) is 11.6. The van der Waals surface area contributed by atoms with Crippen LogP contribution in [-0.4, -0.2) is 28.0 Å². The van der Waals surface area contributed by atoms with Crippen LogP contribution in [0.2, 0.25) is 0 Å². The first-order valence-corrected chi connectivity index (χ1v) is 6.52. The minimum atomic E-state index is -0.796. The summed E-state index contributed by atoms with van der Waals surface area (Å²) in [5, 5.41) is 12.0. The molecule has 0 radical (unpaired) electrons. The molecule has 0 aromatic heterocycles. The van der Waals surface area contributed by atoms with E-state index >= 15 is 0 Å². The smallest absolute Gasteiger partial charge is 0.320 e. The summed E-state index contributed by atoms with van der Waals surface area (Å²) in [6.45, 7) is 0.638. The van der Waals surface area contributed by atoms with Crippen LogP contribution in [0.15, 0.2) is 0 Å². The molecule has 3 nitrogen and oxygen atoms in total. The number of hydrogen-bond acceptors (Lipinski definition) is 2. The maximum absolute atomic E-state index is 10.9. The number of halogens is 2. The van der Waals surface area contributed by atoms with Gasteiger partial charge in [0.1, 0.15) is 10.4 Å². The summed E-state index contributed by atoms with van der Waals surface area (Å²) in [6, 6.07) is -0.477. The molecule has 2 N–H and O–H groups in total. The monoisotopic (exact) mass is 263 g/mol. The van der Waals surface area contributed by atoms with Crippen molar-refractivity contribution in [3.05, 3.63) is 0 Å². The summed E-state index contributed by atoms with van der Waals surface area (Å²) in [7, 11) is 0. The predicted molar refractivity (Wildman–Crippen MR) is 61.8 cm³/mol. The van der Waals surface area contributed by atoms with Crippen LogP contribution in [0.4, 0.5) is 0 Å². The lowest BCUT2D eigenvalue weighted by atomic mass is 9.44. The number of nitrogens with one attached hydrogen (secondary N) is 1. The Hall–Kier alpha value is 0.01000. The lowest BCUT2D eigenvalue weighted by Gasteiger charge is -2.68. The first-order valence-electron chi connectivity index (χ1n) is 5.77. The molecule has 0 aromatic rings. The average Bonchev–Trinajstić information content (AvgIpc) is 2.57. The number of rotatable bonds is 1. The molecule has 1 aliphatic heterocycles. The molecule has 3 fully saturated rings. The second kappa shape index (κ2) is 3.06. The molecular weight excluding hydrogens is 249 g/mol. The molecule has 16 heavy (non-hydrogen) atoms. The molecule has 2 spiro atoms. The highest BCUT2D eigenvalue weighted by Gasteiger charge is 2.75. The van der Waals surface area contributed by atoms with Gasteiger partial charge in [-0.2, -0.15) is 0 Å². The third-order valence-electron chi connectivity index (χ3n) is 4.90. The topological polar surface area (TPSA) is 49.3 Å². The van der Waals surface area contributed by atoms with E-state index in [-0.39, 0.29) is 10.8 Å². The van der Waals surface area contributed by atoms with E-state index in [1.165, 1.54) is 6.42 Å². The highest BCUT2D eigenvalue weighted by Crippen LogP contribution is 2.76. The van der Waals surface area contributed by atoms with Gasteiger partial charge in [-0.3, -0.25) is 4.79 Å². The molecule has 0 amide bonds. The van der Waals surface area contributed by atoms with Gasteiger partial charge in [-0.25, -0.2) is 0 Å². The number of alkyl halides is 2. The minimum absolute atomic E-state index is 0.0885. The van der Waals surface area contributed by atoms with E-state index in [1.54, 1.807) is 0 Å². The Bertz CT molecular complexity index is 354. The number of aliphatic carboxylic acids is 1. The minimum Gasteiger partial charge on any atom is -0.480 e. The Labute approximate surface area is 104 Å². The van der Waals surface area contributed by atoms with Crippen molar-refractivity contribution in [3.8, 4) is 0 Å². The van der Waals surface area contributed by atoms with E-state index < -0.39 is 16.3 Å². The summed E-state index contributed by atoms with van der Waals surface area (Å²) >= 11 is 13.1. The van der Waals surface area contributed by atoms with Gasteiger partial charge in [0.15, 0.2) is 0 Å². The fourth-order valence-corrected chi connectivity index (χ4v) is 4.76. The van der Waals surface area contributed by atoms with Gasteiger partial charge in [0, 0.05) is 17.4 Å². The maximum Gasteiger partial charge on any atom is 0.320 e. The average molecular weight is 264 g/mol. The molecule has 5 heteroatoms. The molecule has 1 saturated heterocycles. The van der Waals surface area contributed by atoms with Gasteiger partial charge in [0.25, 0.3) is 0 Å². The fraction of sp³-hybridized carbons (Fsp3) is 0.909. The summed E-state index contributed by atoms with van der Waals surface area (Å²) in [4.78, 5) is 10.9. The highest BCUT2D eigenvalue weighted by atomic mass is 35.5. The summed E-state index contributed by atoms with van der Waals surface area (Å²) in [6.07, 6.45) is 4.95. The van der Waals surface area contributed by atoms with Gasteiger partial charge in [-0.1, -0.05) is 6.42 Å². The maximum atomic E-state index is 10.9. The molecule has 3 aliphatic rings. The third-order valence-corrected chi connectivity index (χ3v) is 6.50. The van der Waals surface area contributed by atoms with Crippen LogP contribution in [0.5, 0.6) is 0 Å². The van der Waals surface area contributed by atoms with Crippen LogP contribution >= 0.6 is 23.2 Å². The van der Waals surface area contributed by atoms with E-state index in [4.69, 9.17) is 28.3 Å². The second-order valence-corrected chi connectivity index (χ2v) is 6.97. The van der Waals surface area contributed by atoms with Crippen LogP contribution in [0.1, 0.15) is 32.1 Å². The Morgan fingerprint density at radius 1 is 1.31 bits per heavy atom. The van der Waals surface area contributed by atoms with Gasteiger partial charge in [0.2, 0.25) is 0 Å². The predicted octanol–water partition coefficient (Wildman–Crippen LogP) is 2.17. The zero-order valence-electron chi connectivity index (χ0n) is 8.93. The van der Waals surface area contributed by atoms with Crippen LogP contribution in [0, 0.1) is 10.8 Å². The Balaban J connectivity index is 1.80. The Morgan fingerprint density at radius 2 is 2.00 bits per heavy atom. The molecule has 2 aliphatic carbocycles. The molecule has 0 bridgehead atoms. The number of carboxylic acids is 1. The molecule has 2 saturated carbocycles. The van der Waals surface area contributed by atoms with Gasteiger partial charge in [-0.05, 0) is 25.7 Å². The number of carbonyl (C=O) groups is 1. The molecular formula is C11H15Cl2NO2. The van der Waals surface area contributed by atoms with Gasteiger partial charge < -0.3 is 10.4 Å². The van der Waals surface area contributed by atoms with Crippen LogP contribution in [-0.2, 0) is 4.79 Å². The van der Waals surface area contributed by atoms with Gasteiger partial charge in [-0.15, -0.1) is 23.2 Å². The largest absolute Gasteiger partial charge is 0.480 e. The lowest BCUT2D eigenvalue weighted by Crippen LogP contribution is -2.68. The summed E-state index contributed by atoms with van der Waals surface area (Å²) in [5.41, 5.74) is -0.120. The molecule has 3 rings (SSSR count). The first kappa shape index (κ1) is 11.1. The van der Waals surface area contributed by atoms with Crippen molar-refractivity contribution in [2.24, 2.45) is 10.8 Å². The molecule has 2 atom stereocenters. The molecule has 0 aromatic carbocycles. The number of hydrogen-bond donors (Lipinski definition) is 2. The van der Waals surface area contributed by atoms with E-state index in [1.807, 2.05) is 0 Å². The molecule has 1 heterocycles. The van der Waals surface area contributed by atoms with Crippen molar-refractivity contribution >= 4 is 29.2 Å².